The smallest absolute Gasteiger partial charge is 0.102 e. The van der Waals surface area contributed by atoms with Gasteiger partial charge in [0.05, 0.1) is 11.6 Å². The van der Waals surface area contributed by atoms with Gasteiger partial charge in [0.1, 0.15) is 5.60 Å². The van der Waals surface area contributed by atoms with Crippen LogP contribution in [0.2, 0.25) is 0 Å². The number of aliphatic hydroxyl groups is 1. The van der Waals surface area contributed by atoms with Crippen LogP contribution in [0.25, 0.3) is 0 Å². The molecule has 0 spiro atoms. The number of nitrogens with zero attached hydrogens (tertiary/aromatic N) is 1. The summed E-state index contributed by atoms with van der Waals surface area (Å²) in [7, 11) is 0. The summed E-state index contributed by atoms with van der Waals surface area (Å²) in [5, 5.41) is 19.4. The van der Waals surface area contributed by atoms with Crippen LogP contribution in [0.1, 0.15) is 24.5 Å². The summed E-state index contributed by atoms with van der Waals surface area (Å²) >= 11 is 1.79. The fraction of sp³-hybridized carbons (Fsp3) is 0.417. The van der Waals surface area contributed by atoms with E-state index in [1.54, 1.807) is 23.9 Å². The van der Waals surface area contributed by atoms with E-state index >= 15 is 0 Å². The summed E-state index contributed by atoms with van der Waals surface area (Å²) in [5.74, 6) is 0.998. The number of rotatable bonds is 1. The van der Waals surface area contributed by atoms with Crippen LogP contribution < -0.4 is 0 Å². The average molecular weight is 219 g/mol. The number of nitriles is 1. The van der Waals surface area contributed by atoms with E-state index in [4.69, 9.17) is 5.26 Å². The molecule has 1 aliphatic rings. The molecule has 0 aliphatic carbocycles. The number of benzene rings is 1. The summed E-state index contributed by atoms with van der Waals surface area (Å²) in [6.07, 6.45) is 0.796. The molecule has 1 saturated heterocycles. The van der Waals surface area contributed by atoms with Gasteiger partial charge in [0.2, 0.25) is 0 Å². The van der Waals surface area contributed by atoms with E-state index in [1.165, 1.54) is 0 Å². The maximum absolute atomic E-state index is 10.5. The Balaban J connectivity index is 2.33. The number of hydrogen-bond acceptors (Lipinski definition) is 3. The SMILES string of the molecule is C[C@@H]1SCC[C@@]1(O)c1ccc(C#N)cc1. The third-order valence-electron chi connectivity index (χ3n) is 3.04. The molecule has 1 aromatic carbocycles. The molecule has 0 amide bonds. The molecule has 0 aromatic heterocycles. The fourth-order valence-electron chi connectivity index (χ4n) is 1.94. The molecule has 15 heavy (non-hydrogen) atoms. The third-order valence-corrected chi connectivity index (χ3v) is 4.37. The molecule has 1 aromatic rings. The van der Waals surface area contributed by atoms with Crippen LogP contribution in [0.3, 0.4) is 0 Å². The van der Waals surface area contributed by atoms with Gasteiger partial charge >= 0.3 is 0 Å². The Hall–Kier alpha value is -0.980. The Labute approximate surface area is 93.9 Å². The number of thioether (sulfide) groups is 1. The van der Waals surface area contributed by atoms with Gasteiger partial charge in [0.25, 0.3) is 0 Å². The van der Waals surface area contributed by atoms with Crippen LogP contribution in [0.15, 0.2) is 24.3 Å². The number of hydrogen-bond donors (Lipinski definition) is 1. The minimum Gasteiger partial charge on any atom is -0.384 e. The Bertz CT molecular complexity index is 395. The van der Waals surface area contributed by atoms with E-state index < -0.39 is 5.60 Å². The topological polar surface area (TPSA) is 44.0 Å². The maximum Gasteiger partial charge on any atom is 0.102 e. The van der Waals surface area contributed by atoms with Crippen LogP contribution in [-0.2, 0) is 5.60 Å². The molecule has 2 rings (SSSR count). The van der Waals surface area contributed by atoms with Crippen LogP contribution in [0.4, 0.5) is 0 Å². The average Bonchev–Trinajstić information content (AvgIpc) is 2.61. The molecule has 0 unspecified atom stereocenters. The first-order chi connectivity index (χ1) is 7.16. The van der Waals surface area contributed by atoms with Gasteiger partial charge in [0, 0.05) is 5.25 Å². The monoisotopic (exact) mass is 219 g/mol. The van der Waals surface area contributed by atoms with Crippen molar-refractivity contribution in [3.05, 3.63) is 35.4 Å². The molecule has 1 aliphatic heterocycles. The Morgan fingerprint density at radius 2 is 2.13 bits per heavy atom. The molecule has 0 saturated carbocycles. The van der Waals surface area contributed by atoms with E-state index in [0.29, 0.717) is 5.56 Å². The molecule has 2 nitrogen and oxygen atoms in total. The normalized spacial score (nSPS) is 30.1. The summed E-state index contributed by atoms with van der Waals surface area (Å²) in [4.78, 5) is 0. The van der Waals surface area contributed by atoms with Gasteiger partial charge in [-0.05, 0) is 29.9 Å². The molecule has 1 N–H and O–H groups in total. The van der Waals surface area contributed by atoms with Crippen LogP contribution in [0.5, 0.6) is 0 Å². The van der Waals surface area contributed by atoms with Gasteiger partial charge in [-0.1, -0.05) is 19.1 Å². The molecular weight excluding hydrogens is 206 g/mol. The molecule has 1 fully saturated rings. The molecular formula is C12H13NOS. The molecule has 1 heterocycles. The Morgan fingerprint density at radius 3 is 2.60 bits per heavy atom. The van der Waals surface area contributed by atoms with Crippen LogP contribution >= 0.6 is 11.8 Å². The van der Waals surface area contributed by atoms with E-state index in [-0.39, 0.29) is 5.25 Å². The second-order valence-electron chi connectivity index (χ2n) is 3.88. The summed E-state index contributed by atoms with van der Waals surface area (Å²) in [6.45, 7) is 2.05. The highest BCUT2D eigenvalue weighted by molar-refractivity contribution is 8.00. The predicted molar refractivity (Wildman–Crippen MR) is 61.6 cm³/mol. The standard InChI is InChI=1S/C12H13NOS/c1-9-12(14,6-7-15-9)11-4-2-10(8-13)3-5-11/h2-5,9,14H,6-7H2,1H3/t9-,12-/m0/s1. The zero-order valence-electron chi connectivity index (χ0n) is 8.60. The molecule has 0 bridgehead atoms. The Morgan fingerprint density at radius 1 is 1.47 bits per heavy atom. The summed E-state index contributed by atoms with van der Waals surface area (Å²) in [5.41, 5.74) is 0.859. The fourth-order valence-corrected chi connectivity index (χ4v) is 3.26. The highest BCUT2D eigenvalue weighted by Crippen LogP contribution is 2.42. The van der Waals surface area contributed by atoms with Crippen molar-refractivity contribution >= 4 is 11.8 Å². The second-order valence-corrected chi connectivity index (χ2v) is 5.33. The van der Waals surface area contributed by atoms with Gasteiger partial charge in [-0.15, -0.1) is 0 Å². The molecule has 2 atom stereocenters. The van der Waals surface area contributed by atoms with E-state index in [0.717, 1.165) is 17.7 Å². The van der Waals surface area contributed by atoms with Crippen molar-refractivity contribution in [2.45, 2.75) is 24.2 Å². The van der Waals surface area contributed by atoms with Crippen molar-refractivity contribution in [1.29, 1.82) is 5.26 Å². The lowest BCUT2D eigenvalue weighted by Crippen LogP contribution is -2.31. The van der Waals surface area contributed by atoms with Crippen molar-refractivity contribution in [3.63, 3.8) is 0 Å². The van der Waals surface area contributed by atoms with Crippen molar-refractivity contribution in [3.8, 4) is 6.07 Å². The van der Waals surface area contributed by atoms with Crippen LogP contribution in [0, 0.1) is 11.3 Å². The van der Waals surface area contributed by atoms with Crippen molar-refractivity contribution in [2.24, 2.45) is 0 Å². The highest BCUT2D eigenvalue weighted by Gasteiger charge is 2.40. The van der Waals surface area contributed by atoms with Gasteiger partial charge < -0.3 is 5.11 Å². The third kappa shape index (κ3) is 1.75. The molecule has 3 heteroatoms. The largest absolute Gasteiger partial charge is 0.384 e. The van der Waals surface area contributed by atoms with Crippen molar-refractivity contribution in [1.82, 2.24) is 0 Å². The van der Waals surface area contributed by atoms with E-state index in [9.17, 15) is 5.11 Å². The predicted octanol–water partition coefficient (Wildman–Crippen LogP) is 2.27. The minimum absolute atomic E-state index is 0.227. The first-order valence-electron chi connectivity index (χ1n) is 5.01. The van der Waals surface area contributed by atoms with Gasteiger partial charge in [-0.25, -0.2) is 0 Å². The first-order valence-corrected chi connectivity index (χ1v) is 6.06. The van der Waals surface area contributed by atoms with E-state index in [1.807, 2.05) is 12.1 Å². The minimum atomic E-state index is -0.710. The van der Waals surface area contributed by atoms with E-state index in [2.05, 4.69) is 13.0 Å². The molecule has 78 valence electrons. The maximum atomic E-state index is 10.5. The molecule has 0 radical (unpaired) electrons. The highest BCUT2D eigenvalue weighted by atomic mass is 32.2. The van der Waals surface area contributed by atoms with Crippen molar-refractivity contribution in [2.75, 3.05) is 5.75 Å². The van der Waals surface area contributed by atoms with Crippen LogP contribution in [-0.4, -0.2) is 16.1 Å². The van der Waals surface area contributed by atoms with Gasteiger partial charge in [0.15, 0.2) is 0 Å². The van der Waals surface area contributed by atoms with Crippen molar-refractivity contribution < 1.29 is 5.11 Å². The zero-order valence-corrected chi connectivity index (χ0v) is 9.42. The zero-order chi connectivity index (χ0) is 10.9. The quantitative estimate of drug-likeness (QED) is 0.788. The summed E-state index contributed by atoms with van der Waals surface area (Å²) in [6, 6.07) is 9.34. The summed E-state index contributed by atoms with van der Waals surface area (Å²) < 4.78 is 0. The first kappa shape index (κ1) is 10.5. The lowest BCUT2D eigenvalue weighted by atomic mass is 9.88. The van der Waals surface area contributed by atoms with Gasteiger partial charge in [-0.2, -0.15) is 17.0 Å². The lowest BCUT2D eigenvalue weighted by Gasteiger charge is -2.27. The Kier molecular flexibility index (Phi) is 2.72. The lowest BCUT2D eigenvalue weighted by molar-refractivity contribution is 0.0427. The van der Waals surface area contributed by atoms with Gasteiger partial charge in [-0.3, -0.25) is 0 Å². The second kappa shape index (κ2) is 3.88.